The molecule has 5 heteroatoms. The first-order valence-corrected chi connectivity index (χ1v) is 11.3. The molecule has 1 aromatic rings. The molecule has 154 valence electrons. The van der Waals surface area contributed by atoms with Crippen LogP contribution in [0.15, 0.2) is 18.2 Å². The van der Waals surface area contributed by atoms with Gasteiger partial charge in [-0.2, -0.15) is 0 Å². The van der Waals surface area contributed by atoms with Crippen molar-refractivity contribution < 1.29 is 9.53 Å². The Morgan fingerprint density at radius 3 is 2.39 bits per heavy atom. The maximum atomic E-state index is 12.7. The van der Waals surface area contributed by atoms with Crippen LogP contribution in [0.5, 0.6) is 0 Å². The van der Waals surface area contributed by atoms with E-state index in [1.54, 1.807) is 0 Å². The average molecular weight is 386 g/mol. The van der Waals surface area contributed by atoms with Crippen LogP contribution < -0.4 is 10.2 Å². The highest BCUT2D eigenvalue weighted by atomic mass is 16.5. The van der Waals surface area contributed by atoms with Gasteiger partial charge in [0, 0.05) is 51.0 Å². The summed E-state index contributed by atoms with van der Waals surface area (Å²) in [6.45, 7) is 8.00. The summed E-state index contributed by atoms with van der Waals surface area (Å²) >= 11 is 0. The molecule has 0 radical (unpaired) electrons. The average Bonchev–Trinajstić information content (AvgIpc) is 3.50. The van der Waals surface area contributed by atoms with Gasteiger partial charge in [-0.3, -0.25) is 4.79 Å². The van der Waals surface area contributed by atoms with Gasteiger partial charge in [0.2, 0.25) is 5.91 Å². The summed E-state index contributed by atoms with van der Waals surface area (Å²) in [6, 6.07) is 6.84. The molecule has 28 heavy (non-hydrogen) atoms. The highest BCUT2D eigenvalue weighted by Crippen LogP contribution is 2.28. The van der Waals surface area contributed by atoms with Crippen molar-refractivity contribution in [2.24, 2.45) is 5.92 Å². The monoisotopic (exact) mass is 385 g/mol. The molecule has 4 aliphatic heterocycles. The summed E-state index contributed by atoms with van der Waals surface area (Å²) in [4.78, 5) is 17.3. The second-order valence-electron chi connectivity index (χ2n) is 8.50. The number of fused-ring (bicyclic) bond motifs is 1. The Morgan fingerprint density at radius 2 is 1.71 bits per heavy atom. The molecule has 3 fully saturated rings. The lowest BCUT2D eigenvalue weighted by Gasteiger charge is -2.33. The van der Waals surface area contributed by atoms with Crippen LogP contribution in [0.3, 0.4) is 0 Å². The number of anilines is 1. The third-order valence-corrected chi connectivity index (χ3v) is 6.51. The standard InChI is InChI=1S/C19H26N2O2.C4H9N/c22-19(15-6-11-23-12-7-15)21-10-5-16-13-18(4-3-17(16)14-21)20-8-1-2-9-20;1-2-4-5-3-1/h3-4,13,15H,1-2,5-12,14H2;5H,1-4H2. The Hall–Kier alpha value is -1.59. The molecule has 0 aliphatic carbocycles. The topological polar surface area (TPSA) is 44.8 Å². The molecule has 0 atom stereocenters. The van der Waals surface area contributed by atoms with Crippen molar-refractivity contribution in [1.29, 1.82) is 0 Å². The van der Waals surface area contributed by atoms with Gasteiger partial charge in [0.05, 0.1) is 0 Å². The van der Waals surface area contributed by atoms with Crippen LogP contribution in [0, 0.1) is 5.92 Å². The van der Waals surface area contributed by atoms with Crippen LogP contribution >= 0.6 is 0 Å². The van der Waals surface area contributed by atoms with Crippen LogP contribution in [0.2, 0.25) is 0 Å². The maximum absolute atomic E-state index is 12.7. The van der Waals surface area contributed by atoms with E-state index in [1.807, 2.05) is 0 Å². The maximum Gasteiger partial charge on any atom is 0.226 e. The van der Waals surface area contributed by atoms with Crippen LogP contribution in [0.4, 0.5) is 5.69 Å². The summed E-state index contributed by atoms with van der Waals surface area (Å²) < 4.78 is 5.38. The molecule has 1 N–H and O–H groups in total. The number of carbonyl (C=O) groups is 1. The minimum atomic E-state index is 0.175. The molecule has 0 bridgehead atoms. The molecule has 5 nitrogen and oxygen atoms in total. The molecule has 0 aromatic heterocycles. The molecule has 5 rings (SSSR count). The Morgan fingerprint density at radius 1 is 0.964 bits per heavy atom. The second-order valence-corrected chi connectivity index (χ2v) is 8.50. The molecule has 0 saturated carbocycles. The summed E-state index contributed by atoms with van der Waals surface area (Å²) in [5, 5.41) is 3.22. The van der Waals surface area contributed by atoms with Crippen LogP contribution in [-0.2, 0) is 22.5 Å². The minimum Gasteiger partial charge on any atom is -0.381 e. The molecule has 0 unspecified atom stereocenters. The minimum absolute atomic E-state index is 0.175. The van der Waals surface area contributed by atoms with E-state index >= 15 is 0 Å². The number of hydrogen-bond donors (Lipinski definition) is 1. The fraction of sp³-hybridized carbons (Fsp3) is 0.696. The van der Waals surface area contributed by atoms with E-state index in [-0.39, 0.29) is 5.92 Å². The SMILES string of the molecule is C1CCNC1.O=C(C1CCOCC1)N1CCc2cc(N3CCCC3)ccc2C1. The molecule has 0 spiro atoms. The van der Waals surface area contributed by atoms with Crippen molar-refractivity contribution in [2.75, 3.05) is 50.8 Å². The summed E-state index contributed by atoms with van der Waals surface area (Å²) in [5.41, 5.74) is 4.13. The third kappa shape index (κ3) is 4.87. The third-order valence-electron chi connectivity index (χ3n) is 6.51. The van der Waals surface area contributed by atoms with Gasteiger partial charge in [-0.1, -0.05) is 6.07 Å². The van der Waals surface area contributed by atoms with Gasteiger partial charge in [0.25, 0.3) is 0 Å². The predicted octanol–water partition coefficient (Wildman–Crippen LogP) is 2.97. The number of nitrogens with zero attached hydrogens (tertiary/aromatic N) is 2. The lowest BCUT2D eigenvalue weighted by atomic mass is 9.94. The number of nitrogens with one attached hydrogen (secondary N) is 1. The van der Waals surface area contributed by atoms with Crippen molar-refractivity contribution in [3.8, 4) is 0 Å². The fourth-order valence-corrected chi connectivity index (χ4v) is 4.73. The molecule has 3 saturated heterocycles. The Bertz CT molecular complexity index is 640. The number of rotatable bonds is 2. The zero-order valence-electron chi connectivity index (χ0n) is 17.1. The molecule has 1 amide bonds. The first-order chi connectivity index (χ1) is 13.8. The van der Waals surface area contributed by atoms with Gasteiger partial charge in [0.1, 0.15) is 0 Å². The largest absolute Gasteiger partial charge is 0.381 e. The highest BCUT2D eigenvalue weighted by Gasteiger charge is 2.29. The van der Waals surface area contributed by atoms with Crippen molar-refractivity contribution >= 4 is 11.6 Å². The lowest BCUT2D eigenvalue weighted by Crippen LogP contribution is -2.41. The number of ether oxygens (including phenoxy) is 1. The normalized spacial score (nSPS) is 22.6. The number of hydrogen-bond acceptors (Lipinski definition) is 4. The van der Waals surface area contributed by atoms with Gasteiger partial charge in [-0.15, -0.1) is 0 Å². The molecular formula is C23H35N3O2. The second kappa shape index (κ2) is 9.75. The smallest absolute Gasteiger partial charge is 0.226 e. The molecule has 4 heterocycles. The lowest BCUT2D eigenvalue weighted by molar-refractivity contribution is -0.139. The van der Waals surface area contributed by atoms with E-state index in [4.69, 9.17) is 4.74 Å². The van der Waals surface area contributed by atoms with Gasteiger partial charge in [-0.25, -0.2) is 0 Å². The van der Waals surface area contributed by atoms with Gasteiger partial charge in [0.15, 0.2) is 0 Å². The first kappa shape index (κ1) is 19.7. The zero-order valence-corrected chi connectivity index (χ0v) is 17.1. The molecular weight excluding hydrogens is 350 g/mol. The highest BCUT2D eigenvalue weighted by molar-refractivity contribution is 5.79. The quantitative estimate of drug-likeness (QED) is 0.850. The fourth-order valence-electron chi connectivity index (χ4n) is 4.73. The van der Waals surface area contributed by atoms with Gasteiger partial charge >= 0.3 is 0 Å². The van der Waals surface area contributed by atoms with Gasteiger partial charge < -0.3 is 19.9 Å². The van der Waals surface area contributed by atoms with E-state index in [9.17, 15) is 4.79 Å². The first-order valence-electron chi connectivity index (χ1n) is 11.3. The van der Waals surface area contributed by atoms with Crippen molar-refractivity contribution in [2.45, 2.75) is 51.5 Å². The predicted molar refractivity (Wildman–Crippen MR) is 113 cm³/mol. The van der Waals surface area contributed by atoms with E-state index < -0.39 is 0 Å². The number of carbonyl (C=O) groups excluding carboxylic acids is 1. The Kier molecular flexibility index (Phi) is 6.86. The summed E-state index contributed by atoms with van der Waals surface area (Å²) in [7, 11) is 0. The van der Waals surface area contributed by atoms with Crippen LogP contribution in [0.1, 0.15) is 49.7 Å². The Balaban J connectivity index is 0.000000336. The van der Waals surface area contributed by atoms with E-state index in [1.165, 1.54) is 68.7 Å². The zero-order chi connectivity index (χ0) is 19.2. The van der Waals surface area contributed by atoms with E-state index in [0.717, 1.165) is 45.6 Å². The Labute approximate surface area is 169 Å². The van der Waals surface area contributed by atoms with E-state index in [2.05, 4.69) is 33.3 Å². The molecule has 1 aromatic carbocycles. The molecule has 4 aliphatic rings. The van der Waals surface area contributed by atoms with Crippen molar-refractivity contribution in [3.63, 3.8) is 0 Å². The number of benzene rings is 1. The van der Waals surface area contributed by atoms with Crippen LogP contribution in [0.25, 0.3) is 0 Å². The van der Waals surface area contributed by atoms with Crippen molar-refractivity contribution in [1.82, 2.24) is 10.2 Å². The van der Waals surface area contributed by atoms with E-state index in [0.29, 0.717) is 5.91 Å². The van der Waals surface area contributed by atoms with Crippen LogP contribution in [-0.4, -0.2) is 56.7 Å². The number of amides is 1. The summed E-state index contributed by atoms with van der Waals surface area (Å²) in [5.74, 6) is 0.511. The van der Waals surface area contributed by atoms with Gasteiger partial charge in [-0.05, 0) is 81.3 Å². The summed E-state index contributed by atoms with van der Waals surface area (Å²) in [6.07, 6.45) is 8.16. The van der Waals surface area contributed by atoms with Crippen molar-refractivity contribution in [3.05, 3.63) is 29.3 Å².